The number of anilines is 1. The first-order valence-corrected chi connectivity index (χ1v) is 7.94. The fourth-order valence-corrected chi connectivity index (χ4v) is 2.04. The summed E-state index contributed by atoms with van der Waals surface area (Å²) in [5.41, 5.74) is 5.12. The van der Waals surface area contributed by atoms with Crippen molar-refractivity contribution >= 4 is 17.3 Å². The average Bonchev–Trinajstić information content (AvgIpc) is 2.59. The monoisotopic (exact) mass is 325 g/mol. The van der Waals surface area contributed by atoms with Crippen LogP contribution in [0.5, 0.6) is 5.75 Å². The van der Waals surface area contributed by atoms with Crippen molar-refractivity contribution < 1.29 is 9.53 Å². The Morgan fingerprint density at radius 1 is 1.08 bits per heavy atom. The van der Waals surface area contributed by atoms with E-state index in [9.17, 15) is 4.79 Å². The van der Waals surface area contributed by atoms with Crippen molar-refractivity contribution in [2.24, 2.45) is 5.10 Å². The third kappa shape index (κ3) is 5.76. The lowest BCUT2D eigenvalue weighted by molar-refractivity contribution is -0.119. The first kappa shape index (κ1) is 17.5. The molecule has 2 N–H and O–H groups in total. The molecule has 0 spiro atoms. The van der Waals surface area contributed by atoms with Gasteiger partial charge in [0.1, 0.15) is 5.75 Å². The van der Waals surface area contributed by atoms with E-state index >= 15 is 0 Å². The van der Waals surface area contributed by atoms with Crippen LogP contribution >= 0.6 is 0 Å². The molecule has 2 rings (SSSR count). The summed E-state index contributed by atoms with van der Waals surface area (Å²) in [6, 6.07) is 17.2. The topological polar surface area (TPSA) is 62.7 Å². The zero-order valence-electron chi connectivity index (χ0n) is 14.2. The zero-order chi connectivity index (χ0) is 17.4. The van der Waals surface area contributed by atoms with Crippen molar-refractivity contribution in [3.63, 3.8) is 0 Å². The summed E-state index contributed by atoms with van der Waals surface area (Å²) in [4.78, 5) is 11.8. The molecule has 126 valence electrons. The number of hydrogen-bond acceptors (Lipinski definition) is 4. The van der Waals surface area contributed by atoms with Gasteiger partial charge in [-0.25, -0.2) is 5.43 Å². The minimum absolute atomic E-state index is 0.141. The SMILES string of the molecule is C/C(=N/NC(=O)CNc1ccccc1)c1ccc(OC(C)C)cc1. The molecule has 0 radical (unpaired) electrons. The van der Waals surface area contributed by atoms with Crippen molar-refractivity contribution in [1.82, 2.24) is 5.43 Å². The number of hydrogen-bond donors (Lipinski definition) is 2. The number of hydrazone groups is 1. The van der Waals surface area contributed by atoms with Crippen molar-refractivity contribution in [2.75, 3.05) is 11.9 Å². The molecule has 24 heavy (non-hydrogen) atoms. The van der Waals surface area contributed by atoms with Crippen LogP contribution in [0.25, 0.3) is 0 Å². The van der Waals surface area contributed by atoms with Crippen molar-refractivity contribution in [1.29, 1.82) is 0 Å². The smallest absolute Gasteiger partial charge is 0.259 e. The van der Waals surface area contributed by atoms with E-state index in [-0.39, 0.29) is 18.6 Å². The van der Waals surface area contributed by atoms with Gasteiger partial charge in [-0.2, -0.15) is 5.10 Å². The van der Waals surface area contributed by atoms with E-state index in [1.165, 1.54) is 0 Å². The number of para-hydroxylation sites is 1. The molecular weight excluding hydrogens is 302 g/mol. The van der Waals surface area contributed by atoms with E-state index in [0.29, 0.717) is 0 Å². The molecule has 1 amide bonds. The Morgan fingerprint density at radius 2 is 1.75 bits per heavy atom. The number of carbonyl (C=O) groups excluding carboxylic acids is 1. The van der Waals surface area contributed by atoms with Crippen LogP contribution in [0, 0.1) is 0 Å². The second kappa shape index (κ2) is 8.72. The molecule has 0 saturated heterocycles. The van der Waals surface area contributed by atoms with Crippen LogP contribution in [0.15, 0.2) is 59.7 Å². The summed E-state index contributed by atoms with van der Waals surface area (Å²) < 4.78 is 5.60. The Labute approximate surface area is 142 Å². The van der Waals surface area contributed by atoms with Crippen LogP contribution in [-0.2, 0) is 4.79 Å². The van der Waals surface area contributed by atoms with Gasteiger partial charge < -0.3 is 10.1 Å². The Bertz CT molecular complexity index is 680. The highest BCUT2D eigenvalue weighted by atomic mass is 16.5. The van der Waals surface area contributed by atoms with E-state index in [4.69, 9.17) is 4.74 Å². The van der Waals surface area contributed by atoms with Crippen LogP contribution in [-0.4, -0.2) is 24.3 Å². The van der Waals surface area contributed by atoms with Gasteiger partial charge in [-0.1, -0.05) is 18.2 Å². The fourth-order valence-electron chi connectivity index (χ4n) is 2.04. The number of rotatable bonds is 7. The van der Waals surface area contributed by atoms with Gasteiger partial charge in [-0.05, 0) is 62.7 Å². The third-order valence-corrected chi connectivity index (χ3v) is 3.22. The van der Waals surface area contributed by atoms with Gasteiger partial charge in [-0.15, -0.1) is 0 Å². The number of benzene rings is 2. The molecule has 0 bridgehead atoms. The zero-order valence-corrected chi connectivity index (χ0v) is 14.2. The predicted molar refractivity (Wildman–Crippen MR) is 97.5 cm³/mol. The second-order valence-corrected chi connectivity index (χ2v) is 5.64. The molecule has 2 aromatic rings. The third-order valence-electron chi connectivity index (χ3n) is 3.22. The molecular formula is C19H23N3O2. The lowest BCUT2D eigenvalue weighted by Gasteiger charge is -2.10. The standard InChI is InChI=1S/C19H23N3O2/c1-14(2)24-18-11-9-16(10-12-18)15(3)21-22-19(23)13-20-17-7-5-4-6-8-17/h4-12,14,20H,13H2,1-3H3,(H,22,23)/b21-15-. The van der Waals surface area contributed by atoms with E-state index in [0.717, 1.165) is 22.7 Å². The van der Waals surface area contributed by atoms with Crippen molar-refractivity contribution in [2.45, 2.75) is 26.9 Å². The Morgan fingerprint density at radius 3 is 2.38 bits per heavy atom. The Kier molecular flexibility index (Phi) is 6.37. The van der Waals surface area contributed by atoms with Gasteiger partial charge in [0.15, 0.2) is 0 Å². The Balaban J connectivity index is 1.85. The molecule has 0 atom stereocenters. The molecule has 0 aliphatic heterocycles. The largest absolute Gasteiger partial charge is 0.491 e. The summed E-state index contributed by atoms with van der Waals surface area (Å²) in [7, 11) is 0. The molecule has 2 aromatic carbocycles. The highest BCUT2D eigenvalue weighted by Gasteiger charge is 2.03. The van der Waals surface area contributed by atoms with Gasteiger partial charge in [0.2, 0.25) is 0 Å². The maximum atomic E-state index is 11.8. The van der Waals surface area contributed by atoms with Crippen LogP contribution in [0.4, 0.5) is 5.69 Å². The lowest BCUT2D eigenvalue weighted by atomic mass is 10.1. The van der Waals surface area contributed by atoms with Crippen LogP contribution in [0.2, 0.25) is 0 Å². The number of nitrogens with one attached hydrogen (secondary N) is 2. The summed E-state index contributed by atoms with van der Waals surface area (Å²) in [5.74, 6) is 0.621. The molecule has 0 aliphatic carbocycles. The quantitative estimate of drug-likeness (QED) is 0.605. The second-order valence-electron chi connectivity index (χ2n) is 5.64. The first-order chi connectivity index (χ1) is 11.5. The van der Waals surface area contributed by atoms with Crippen molar-refractivity contribution in [3.05, 3.63) is 60.2 Å². The van der Waals surface area contributed by atoms with Crippen LogP contribution in [0.3, 0.4) is 0 Å². The van der Waals surface area contributed by atoms with Crippen LogP contribution < -0.4 is 15.5 Å². The maximum Gasteiger partial charge on any atom is 0.259 e. The molecule has 5 nitrogen and oxygen atoms in total. The van der Waals surface area contributed by atoms with Gasteiger partial charge in [0.25, 0.3) is 5.91 Å². The number of carbonyl (C=O) groups is 1. The molecule has 0 aromatic heterocycles. The number of nitrogens with zero attached hydrogens (tertiary/aromatic N) is 1. The molecule has 5 heteroatoms. The highest BCUT2D eigenvalue weighted by Crippen LogP contribution is 2.14. The summed E-state index contributed by atoms with van der Waals surface area (Å²) in [5, 5.41) is 7.17. The van der Waals surface area contributed by atoms with E-state index in [1.807, 2.05) is 75.4 Å². The highest BCUT2D eigenvalue weighted by molar-refractivity contribution is 5.99. The molecule has 0 aliphatic rings. The minimum atomic E-state index is -0.196. The average molecular weight is 325 g/mol. The van der Waals surface area contributed by atoms with Gasteiger partial charge in [0, 0.05) is 5.69 Å². The lowest BCUT2D eigenvalue weighted by Crippen LogP contribution is -2.26. The maximum absolute atomic E-state index is 11.8. The minimum Gasteiger partial charge on any atom is -0.491 e. The van der Waals surface area contributed by atoms with Gasteiger partial charge in [0.05, 0.1) is 18.4 Å². The normalized spacial score (nSPS) is 11.2. The summed E-state index contributed by atoms with van der Waals surface area (Å²) in [6.07, 6.45) is 0.141. The van der Waals surface area contributed by atoms with E-state index < -0.39 is 0 Å². The predicted octanol–water partition coefficient (Wildman–Crippen LogP) is 3.43. The van der Waals surface area contributed by atoms with E-state index in [1.54, 1.807) is 0 Å². The van der Waals surface area contributed by atoms with Gasteiger partial charge >= 0.3 is 0 Å². The Hall–Kier alpha value is -2.82. The number of amides is 1. The summed E-state index contributed by atoms with van der Waals surface area (Å²) in [6.45, 7) is 5.99. The summed E-state index contributed by atoms with van der Waals surface area (Å²) >= 11 is 0. The molecule has 0 unspecified atom stereocenters. The number of ether oxygens (including phenoxy) is 1. The fraction of sp³-hybridized carbons (Fsp3) is 0.263. The first-order valence-electron chi connectivity index (χ1n) is 7.94. The molecule has 0 fully saturated rings. The van der Waals surface area contributed by atoms with Gasteiger partial charge in [-0.3, -0.25) is 4.79 Å². The molecule has 0 heterocycles. The van der Waals surface area contributed by atoms with E-state index in [2.05, 4.69) is 15.8 Å². The van der Waals surface area contributed by atoms with Crippen LogP contribution in [0.1, 0.15) is 26.3 Å². The van der Waals surface area contributed by atoms with Crippen molar-refractivity contribution in [3.8, 4) is 5.75 Å². The molecule has 0 saturated carbocycles.